The van der Waals surface area contributed by atoms with E-state index in [1.165, 1.54) is 14.0 Å². The largest absolute Gasteiger partial charge is 0.497 e. The fraction of sp³-hybridized carbons (Fsp3) is 0.462. The lowest BCUT2D eigenvalue weighted by Gasteiger charge is -2.03. The number of benzene rings is 1. The minimum Gasteiger partial charge on any atom is -0.497 e. The van der Waals surface area contributed by atoms with Crippen LogP contribution in [0.3, 0.4) is 0 Å². The summed E-state index contributed by atoms with van der Waals surface area (Å²) in [5.41, 5.74) is 0.511. The van der Waals surface area contributed by atoms with Gasteiger partial charge in [-0.05, 0) is 17.7 Å². The van der Waals surface area contributed by atoms with Crippen molar-refractivity contribution in [3.8, 4) is 5.75 Å². The van der Waals surface area contributed by atoms with Gasteiger partial charge in [-0.1, -0.05) is 12.1 Å². The molecule has 0 aromatic heterocycles. The number of hydrogen-bond donors (Lipinski definition) is 0. The van der Waals surface area contributed by atoms with Gasteiger partial charge in [-0.25, -0.2) is 8.78 Å². The van der Waals surface area contributed by atoms with Crippen LogP contribution in [0.25, 0.3) is 0 Å². The molecule has 1 aliphatic carbocycles. The second-order valence-corrected chi connectivity index (χ2v) is 4.34. The SMILES string of the molecule is COc1cccc([C@@H]2[C@@H](COC(C)=O)C2(F)F)c1. The fourth-order valence-electron chi connectivity index (χ4n) is 2.09. The maximum Gasteiger partial charge on any atom is 0.302 e. The third kappa shape index (κ3) is 2.30. The van der Waals surface area contributed by atoms with E-state index >= 15 is 0 Å². The number of esters is 1. The van der Waals surface area contributed by atoms with Gasteiger partial charge in [-0.3, -0.25) is 4.79 Å². The van der Waals surface area contributed by atoms with Gasteiger partial charge in [-0.2, -0.15) is 0 Å². The Morgan fingerprint density at radius 3 is 2.78 bits per heavy atom. The van der Waals surface area contributed by atoms with Crippen LogP contribution in [0.15, 0.2) is 24.3 Å². The van der Waals surface area contributed by atoms with Crippen molar-refractivity contribution in [1.29, 1.82) is 0 Å². The van der Waals surface area contributed by atoms with Gasteiger partial charge in [0.2, 0.25) is 0 Å². The summed E-state index contributed by atoms with van der Waals surface area (Å²) in [6, 6.07) is 6.60. The van der Waals surface area contributed by atoms with E-state index in [0.717, 1.165) is 0 Å². The fourth-order valence-corrected chi connectivity index (χ4v) is 2.09. The monoisotopic (exact) mass is 256 g/mol. The molecule has 1 aliphatic rings. The Hall–Kier alpha value is -1.65. The average Bonchev–Trinajstić information content (AvgIpc) is 2.88. The van der Waals surface area contributed by atoms with Gasteiger partial charge in [-0.15, -0.1) is 0 Å². The summed E-state index contributed by atoms with van der Waals surface area (Å²) < 4.78 is 36.9. The predicted molar refractivity (Wildman–Crippen MR) is 60.8 cm³/mol. The molecule has 18 heavy (non-hydrogen) atoms. The molecule has 0 N–H and O–H groups in total. The zero-order valence-electron chi connectivity index (χ0n) is 10.2. The van der Waals surface area contributed by atoms with Crippen LogP contribution >= 0.6 is 0 Å². The van der Waals surface area contributed by atoms with E-state index in [1.807, 2.05) is 0 Å². The molecule has 0 radical (unpaired) electrons. The average molecular weight is 256 g/mol. The lowest BCUT2D eigenvalue weighted by molar-refractivity contribution is -0.142. The molecule has 0 bridgehead atoms. The predicted octanol–water partition coefficient (Wildman–Crippen LogP) is 2.61. The Kier molecular flexibility index (Phi) is 3.24. The van der Waals surface area contributed by atoms with Crippen molar-refractivity contribution in [3.63, 3.8) is 0 Å². The maximum absolute atomic E-state index is 13.6. The highest BCUT2D eigenvalue weighted by Crippen LogP contribution is 2.61. The number of carbonyl (C=O) groups excluding carboxylic acids is 1. The Morgan fingerprint density at radius 2 is 2.17 bits per heavy atom. The number of carbonyl (C=O) groups is 1. The smallest absolute Gasteiger partial charge is 0.302 e. The van der Waals surface area contributed by atoms with Gasteiger partial charge >= 0.3 is 5.97 Å². The zero-order chi connectivity index (χ0) is 13.3. The summed E-state index contributed by atoms with van der Waals surface area (Å²) in [7, 11) is 1.49. The molecule has 1 aromatic carbocycles. The van der Waals surface area contributed by atoms with Gasteiger partial charge < -0.3 is 9.47 Å². The first-order chi connectivity index (χ1) is 8.46. The Morgan fingerprint density at radius 1 is 1.44 bits per heavy atom. The van der Waals surface area contributed by atoms with E-state index in [2.05, 4.69) is 4.74 Å². The highest BCUT2D eigenvalue weighted by Gasteiger charge is 2.69. The molecule has 3 nitrogen and oxygen atoms in total. The number of alkyl halides is 2. The number of rotatable bonds is 4. The number of ether oxygens (including phenoxy) is 2. The summed E-state index contributed by atoms with van der Waals surface area (Å²) >= 11 is 0. The van der Waals surface area contributed by atoms with E-state index < -0.39 is 23.7 Å². The van der Waals surface area contributed by atoms with E-state index in [4.69, 9.17) is 4.74 Å². The lowest BCUT2D eigenvalue weighted by Crippen LogP contribution is -2.06. The number of methoxy groups -OCH3 is 1. The summed E-state index contributed by atoms with van der Waals surface area (Å²) in [5.74, 6) is -4.65. The van der Waals surface area contributed by atoms with Crippen molar-refractivity contribution in [1.82, 2.24) is 0 Å². The van der Waals surface area contributed by atoms with E-state index in [-0.39, 0.29) is 6.61 Å². The third-order valence-electron chi connectivity index (χ3n) is 3.12. The van der Waals surface area contributed by atoms with Crippen molar-refractivity contribution in [3.05, 3.63) is 29.8 Å². The third-order valence-corrected chi connectivity index (χ3v) is 3.12. The van der Waals surface area contributed by atoms with Gasteiger partial charge in [0.15, 0.2) is 0 Å². The van der Waals surface area contributed by atoms with E-state index in [9.17, 15) is 13.6 Å². The summed E-state index contributed by atoms with van der Waals surface area (Å²) in [4.78, 5) is 10.6. The molecule has 1 aromatic rings. The first-order valence-corrected chi connectivity index (χ1v) is 5.62. The first-order valence-electron chi connectivity index (χ1n) is 5.62. The van der Waals surface area contributed by atoms with Crippen LogP contribution < -0.4 is 4.74 Å². The molecule has 0 spiro atoms. The van der Waals surface area contributed by atoms with E-state index in [0.29, 0.717) is 11.3 Å². The van der Waals surface area contributed by atoms with Crippen LogP contribution in [0.4, 0.5) is 8.78 Å². The zero-order valence-corrected chi connectivity index (χ0v) is 10.2. The topological polar surface area (TPSA) is 35.5 Å². The van der Waals surface area contributed by atoms with Crippen molar-refractivity contribution in [2.75, 3.05) is 13.7 Å². The molecule has 2 atom stereocenters. The second-order valence-electron chi connectivity index (χ2n) is 4.34. The van der Waals surface area contributed by atoms with Gasteiger partial charge in [0.25, 0.3) is 5.92 Å². The summed E-state index contributed by atoms with van der Waals surface area (Å²) in [6.45, 7) is 0.964. The number of halogens is 2. The quantitative estimate of drug-likeness (QED) is 0.777. The van der Waals surface area contributed by atoms with Crippen molar-refractivity contribution >= 4 is 5.97 Å². The molecule has 98 valence electrons. The molecule has 5 heteroatoms. The van der Waals surface area contributed by atoms with Crippen LogP contribution in [-0.4, -0.2) is 25.6 Å². The Balaban J connectivity index is 2.11. The van der Waals surface area contributed by atoms with Crippen LogP contribution in [-0.2, 0) is 9.53 Å². The molecule has 2 rings (SSSR count). The Bertz CT molecular complexity index is 459. The maximum atomic E-state index is 13.6. The second kappa shape index (κ2) is 4.55. The van der Waals surface area contributed by atoms with Crippen LogP contribution in [0.1, 0.15) is 18.4 Å². The lowest BCUT2D eigenvalue weighted by atomic mass is 10.1. The van der Waals surface area contributed by atoms with Crippen LogP contribution in [0, 0.1) is 5.92 Å². The molecule has 0 saturated heterocycles. The van der Waals surface area contributed by atoms with Crippen molar-refractivity contribution < 1.29 is 23.0 Å². The molecular formula is C13H14F2O3. The normalized spacial score (nSPS) is 24.4. The standard InChI is InChI=1S/C13H14F2O3/c1-8(16)18-7-11-12(13(11,14)15)9-4-3-5-10(6-9)17-2/h3-6,11-12H,7H2,1-2H3/t11-,12-/m1/s1. The first kappa shape index (κ1) is 12.8. The minimum absolute atomic E-state index is 0.246. The van der Waals surface area contributed by atoms with Crippen LogP contribution in [0.2, 0.25) is 0 Å². The summed E-state index contributed by atoms with van der Waals surface area (Å²) in [6.07, 6.45) is 0. The molecule has 0 amide bonds. The molecule has 1 saturated carbocycles. The van der Waals surface area contributed by atoms with Crippen LogP contribution in [0.5, 0.6) is 5.75 Å². The molecule has 0 unspecified atom stereocenters. The number of hydrogen-bond acceptors (Lipinski definition) is 3. The van der Waals surface area contributed by atoms with Gasteiger partial charge in [0.1, 0.15) is 12.4 Å². The van der Waals surface area contributed by atoms with Gasteiger partial charge in [0.05, 0.1) is 18.9 Å². The van der Waals surface area contributed by atoms with Gasteiger partial charge in [0, 0.05) is 6.92 Å². The summed E-state index contributed by atoms with van der Waals surface area (Å²) in [5, 5.41) is 0. The molecule has 0 heterocycles. The highest BCUT2D eigenvalue weighted by atomic mass is 19.3. The van der Waals surface area contributed by atoms with Crippen molar-refractivity contribution in [2.24, 2.45) is 5.92 Å². The Labute approximate surface area is 104 Å². The molecule has 0 aliphatic heterocycles. The highest BCUT2D eigenvalue weighted by molar-refractivity contribution is 5.66. The molecular weight excluding hydrogens is 242 g/mol. The molecule has 1 fully saturated rings. The van der Waals surface area contributed by atoms with Crippen molar-refractivity contribution in [2.45, 2.75) is 18.8 Å². The minimum atomic E-state index is -2.82. The van der Waals surface area contributed by atoms with E-state index in [1.54, 1.807) is 24.3 Å².